The zero-order valence-corrected chi connectivity index (χ0v) is 16.9. The van der Waals surface area contributed by atoms with Crippen LogP contribution >= 0.6 is 0 Å². The van der Waals surface area contributed by atoms with Gasteiger partial charge in [0.25, 0.3) is 0 Å². The Hall–Kier alpha value is -2.06. The maximum atomic E-state index is 12.7. The molecule has 0 aromatic heterocycles. The van der Waals surface area contributed by atoms with Crippen LogP contribution in [0.2, 0.25) is 0 Å². The number of carbonyl (C=O) groups is 1. The number of hydrogen-bond donors (Lipinski definition) is 1. The lowest BCUT2D eigenvalue weighted by molar-refractivity contribution is -0.116. The zero-order valence-electron chi connectivity index (χ0n) is 16.0. The lowest BCUT2D eigenvalue weighted by Crippen LogP contribution is -2.49. The topological polar surface area (TPSA) is 77.9 Å². The van der Waals surface area contributed by atoms with E-state index in [9.17, 15) is 18.3 Å². The number of hydrogen-bond acceptors (Lipinski definition) is 5. The number of aliphatic hydroxyl groups excluding tert-OH is 1. The molecule has 1 aliphatic carbocycles. The van der Waals surface area contributed by atoms with Crippen molar-refractivity contribution in [3.63, 3.8) is 0 Å². The van der Waals surface area contributed by atoms with Gasteiger partial charge < -0.3 is 10.0 Å². The number of nitrogens with zero attached hydrogens (tertiary/aromatic N) is 2. The van der Waals surface area contributed by atoms with E-state index in [2.05, 4.69) is 11.5 Å². The third-order valence-electron chi connectivity index (χ3n) is 5.20. The van der Waals surface area contributed by atoms with Crippen molar-refractivity contribution in [3.8, 4) is 0 Å². The first kappa shape index (κ1) is 20.7. The number of Topliss-reactive ketones (excluding diaryl/α,β-unsaturated/α-hetero) is 1. The molecule has 7 heteroatoms. The summed E-state index contributed by atoms with van der Waals surface area (Å²) in [7, 11) is -3.48. The minimum absolute atomic E-state index is 0.104. The molecule has 28 heavy (non-hydrogen) atoms. The molecule has 6 nitrogen and oxygen atoms in total. The fraction of sp³-hybridized carbons (Fsp3) is 0.381. The highest BCUT2D eigenvalue weighted by Crippen LogP contribution is 2.21. The van der Waals surface area contributed by atoms with Crippen molar-refractivity contribution in [1.82, 2.24) is 9.21 Å². The molecule has 0 radical (unpaired) electrons. The van der Waals surface area contributed by atoms with Crippen LogP contribution in [0.4, 0.5) is 0 Å². The maximum absolute atomic E-state index is 12.7. The van der Waals surface area contributed by atoms with E-state index in [1.54, 1.807) is 42.5 Å². The molecule has 1 N–H and O–H groups in total. The molecule has 0 amide bonds. The van der Waals surface area contributed by atoms with Crippen LogP contribution in [-0.4, -0.2) is 67.3 Å². The summed E-state index contributed by atoms with van der Waals surface area (Å²) in [6.45, 7) is 8.15. The summed E-state index contributed by atoms with van der Waals surface area (Å²) in [5, 5.41) is 10.1. The second-order valence-corrected chi connectivity index (χ2v) is 9.13. The summed E-state index contributed by atoms with van der Waals surface area (Å²) in [6.07, 6.45) is 4.39. The molecule has 2 aliphatic rings. The Morgan fingerprint density at radius 3 is 2.46 bits per heavy atom. The van der Waals surface area contributed by atoms with E-state index in [0.29, 0.717) is 48.8 Å². The Kier molecular flexibility index (Phi) is 6.30. The van der Waals surface area contributed by atoms with Crippen LogP contribution in [0.15, 0.2) is 65.1 Å². The van der Waals surface area contributed by atoms with Crippen molar-refractivity contribution in [2.24, 2.45) is 0 Å². The normalized spacial score (nSPS) is 21.6. The largest absolute Gasteiger partial charge is 0.384 e. The quantitative estimate of drug-likeness (QED) is 0.783. The molecule has 1 saturated heterocycles. The van der Waals surface area contributed by atoms with Crippen molar-refractivity contribution in [3.05, 3.63) is 65.8 Å². The highest BCUT2D eigenvalue weighted by Gasteiger charge is 2.29. The fourth-order valence-corrected chi connectivity index (χ4v) is 4.78. The number of allylic oxidation sites excluding steroid dienone is 2. The number of aryl methyl sites for hydroxylation is 1. The first-order valence-electron chi connectivity index (χ1n) is 9.36. The van der Waals surface area contributed by atoms with Gasteiger partial charge >= 0.3 is 0 Å². The summed E-state index contributed by atoms with van der Waals surface area (Å²) in [5.74, 6) is -0.104. The molecular formula is C21H26N2O4S. The Bertz CT molecular complexity index is 908. The van der Waals surface area contributed by atoms with E-state index in [1.807, 2.05) is 6.92 Å². The van der Waals surface area contributed by atoms with Crippen LogP contribution in [-0.2, 0) is 14.8 Å². The van der Waals surface area contributed by atoms with Crippen LogP contribution in [0.25, 0.3) is 0 Å². The molecule has 0 bridgehead atoms. The van der Waals surface area contributed by atoms with Gasteiger partial charge in [0.15, 0.2) is 5.78 Å². The van der Waals surface area contributed by atoms with Crippen LogP contribution in [0.3, 0.4) is 0 Å². The molecule has 0 spiro atoms. The predicted octanol–water partition coefficient (Wildman–Crippen LogP) is 1.67. The van der Waals surface area contributed by atoms with Gasteiger partial charge in [0.1, 0.15) is 6.10 Å². The molecule has 1 aromatic carbocycles. The zero-order chi connectivity index (χ0) is 20.3. The molecule has 3 rings (SSSR count). The van der Waals surface area contributed by atoms with E-state index < -0.39 is 16.1 Å². The van der Waals surface area contributed by atoms with E-state index >= 15 is 0 Å². The molecule has 1 aliphatic heterocycles. The van der Waals surface area contributed by atoms with Gasteiger partial charge in [-0.1, -0.05) is 42.5 Å². The SMILES string of the molecule is C=C1C=CC=C(C(=O)CCN2CCN(S(=O)(=O)c3ccc(C)cc3)CC2)C1O. The van der Waals surface area contributed by atoms with Crippen molar-refractivity contribution >= 4 is 15.8 Å². The Balaban J connectivity index is 1.52. The summed E-state index contributed by atoms with van der Waals surface area (Å²) in [5.41, 5.74) is 1.90. The summed E-state index contributed by atoms with van der Waals surface area (Å²) < 4.78 is 27.0. The third kappa shape index (κ3) is 4.50. The van der Waals surface area contributed by atoms with Gasteiger partial charge in [-0.2, -0.15) is 4.31 Å². The smallest absolute Gasteiger partial charge is 0.243 e. The fourth-order valence-electron chi connectivity index (χ4n) is 3.36. The first-order chi connectivity index (χ1) is 13.3. The number of sulfonamides is 1. The summed E-state index contributed by atoms with van der Waals surface area (Å²) in [6, 6.07) is 6.88. The van der Waals surface area contributed by atoms with Gasteiger partial charge in [-0.25, -0.2) is 8.42 Å². The number of rotatable bonds is 6. The maximum Gasteiger partial charge on any atom is 0.243 e. The van der Waals surface area contributed by atoms with Gasteiger partial charge in [0, 0.05) is 44.7 Å². The van der Waals surface area contributed by atoms with Crippen molar-refractivity contribution in [2.75, 3.05) is 32.7 Å². The van der Waals surface area contributed by atoms with E-state index in [4.69, 9.17) is 0 Å². The van der Waals surface area contributed by atoms with Gasteiger partial charge in [-0.15, -0.1) is 0 Å². The van der Waals surface area contributed by atoms with E-state index in [-0.39, 0.29) is 12.2 Å². The average Bonchev–Trinajstić information content (AvgIpc) is 2.69. The van der Waals surface area contributed by atoms with Crippen LogP contribution < -0.4 is 0 Å². The molecule has 1 unspecified atom stereocenters. The van der Waals surface area contributed by atoms with Crippen LogP contribution in [0.5, 0.6) is 0 Å². The van der Waals surface area contributed by atoms with E-state index in [1.165, 1.54) is 4.31 Å². The summed E-state index contributed by atoms with van der Waals surface area (Å²) in [4.78, 5) is 14.8. The molecule has 1 heterocycles. The lowest BCUT2D eigenvalue weighted by Gasteiger charge is -2.34. The van der Waals surface area contributed by atoms with Crippen LogP contribution in [0.1, 0.15) is 12.0 Å². The average molecular weight is 403 g/mol. The molecule has 0 saturated carbocycles. The highest BCUT2D eigenvalue weighted by molar-refractivity contribution is 7.89. The van der Waals surface area contributed by atoms with Crippen molar-refractivity contribution < 1.29 is 18.3 Å². The molecule has 1 atom stereocenters. The number of benzene rings is 1. The number of aliphatic hydroxyl groups is 1. The number of carbonyl (C=O) groups excluding carboxylic acids is 1. The summed E-state index contributed by atoms with van der Waals surface area (Å²) >= 11 is 0. The Morgan fingerprint density at radius 2 is 1.82 bits per heavy atom. The molecular weight excluding hydrogens is 376 g/mol. The molecule has 1 fully saturated rings. The van der Waals surface area contributed by atoms with Crippen LogP contribution in [0, 0.1) is 6.92 Å². The number of piperazine rings is 1. The third-order valence-corrected chi connectivity index (χ3v) is 7.11. The second-order valence-electron chi connectivity index (χ2n) is 7.19. The van der Waals surface area contributed by atoms with Gasteiger partial charge in [-0.05, 0) is 24.6 Å². The van der Waals surface area contributed by atoms with Gasteiger partial charge in [0.2, 0.25) is 10.0 Å². The Labute approximate surface area is 166 Å². The molecule has 150 valence electrons. The monoisotopic (exact) mass is 402 g/mol. The minimum Gasteiger partial charge on any atom is -0.384 e. The van der Waals surface area contributed by atoms with Crippen molar-refractivity contribution in [2.45, 2.75) is 24.3 Å². The minimum atomic E-state index is -3.48. The number of ketones is 1. The second kappa shape index (κ2) is 8.53. The Morgan fingerprint density at radius 1 is 1.18 bits per heavy atom. The van der Waals surface area contributed by atoms with Gasteiger partial charge in [0.05, 0.1) is 4.90 Å². The van der Waals surface area contributed by atoms with E-state index in [0.717, 1.165) is 5.56 Å². The predicted molar refractivity (Wildman–Crippen MR) is 108 cm³/mol. The molecule has 1 aromatic rings. The lowest BCUT2D eigenvalue weighted by atomic mass is 9.93. The van der Waals surface area contributed by atoms with Crippen molar-refractivity contribution in [1.29, 1.82) is 0 Å². The van der Waals surface area contributed by atoms with Gasteiger partial charge in [-0.3, -0.25) is 4.79 Å². The first-order valence-corrected chi connectivity index (χ1v) is 10.8. The highest BCUT2D eigenvalue weighted by atomic mass is 32.2. The standard InChI is InChI=1S/C21H26N2O4S/c1-16-6-8-18(9-7-16)28(26,27)23-14-12-22(13-15-23)11-10-20(24)19-5-3-4-17(2)21(19)25/h3-9,21,25H,2,10-15H2,1H3.